The minimum Gasteiger partial charge on any atom is -0.444 e. The number of nitrogens with one attached hydrogen (secondary N) is 3. The number of benzene rings is 2. The van der Waals surface area contributed by atoms with Crippen LogP contribution in [0.3, 0.4) is 0 Å². The number of fused-ring (bicyclic) bond motifs is 1. The van der Waals surface area contributed by atoms with Crippen molar-refractivity contribution < 1.29 is 19.0 Å². The Morgan fingerprint density at radius 3 is 2.27 bits per heavy atom. The maximum Gasteiger partial charge on any atom is 0.407 e. The molecular formula is C27H32Cl5N5O4. The van der Waals surface area contributed by atoms with Gasteiger partial charge in [-0.3, -0.25) is 0 Å². The van der Waals surface area contributed by atoms with Gasteiger partial charge in [0.05, 0.1) is 42.7 Å². The molecule has 0 atom stereocenters. The summed E-state index contributed by atoms with van der Waals surface area (Å²) >= 11 is 30.7. The summed E-state index contributed by atoms with van der Waals surface area (Å²) in [5.74, 6) is 0.472. The van der Waals surface area contributed by atoms with Crippen LogP contribution < -0.4 is 16.0 Å². The second-order valence-electron chi connectivity index (χ2n) is 9.82. The minimum absolute atomic E-state index is 0.0314. The highest BCUT2D eigenvalue weighted by molar-refractivity contribution is 6.66. The van der Waals surface area contributed by atoms with Crippen molar-refractivity contribution in [1.82, 2.24) is 20.6 Å². The summed E-state index contributed by atoms with van der Waals surface area (Å²) in [7, 11) is 0. The predicted octanol–water partition coefficient (Wildman–Crippen LogP) is 7.15. The van der Waals surface area contributed by atoms with Gasteiger partial charge in [0.2, 0.25) is 3.79 Å². The van der Waals surface area contributed by atoms with Gasteiger partial charge in [0.1, 0.15) is 11.4 Å². The Hall–Kier alpha value is -1.82. The molecule has 0 aliphatic heterocycles. The standard InChI is InChI=1S/C27H32Cl5N5O4/c1-26(2,3)41-25(38)34-9-11-40-13-12-39-10-8-33-16-17-4-6-19-22(14-17)36-24(27(30,31)32)37-23(19)35-21-7-5-18(28)15-20(21)29/h4-7,14-15,33H,8-13,16H2,1-3H3,(H,34,38)(H,35,36,37). The van der Waals surface area contributed by atoms with E-state index in [2.05, 4.69) is 25.9 Å². The molecule has 3 N–H and O–H groups in total. The third-order valence-electron chi connectivity index (χ3n) is 5.24. The van der Waals surface area contributed by atoms with E-state index in [4.69, 9.17) is 72.2 Å². The highest BCUT2D eigenvalue weighted by atomic mass is 35.6. The molecule has 2 aromatic carbocycles. The molecule has 0 aliphatic carbocycles. The second kappa shape index (κ2) is 15.6. The molecule has 14 heteroatoms. The molecule has 41 heavy (non-hydrogen) atoms. The number of hydrogen-bond acceptors (Lipinski definition) is 8. The molecule has 0 aliphatic rings. The second-order valence-corrected chi connectivity index (χ2v) is 12.9. The summed E-state index contributed by atoms with van der Waals surface area (Å²) in [5, 5.41) is 10.8. The predicted molar refractivity (Wildman–Crippen MR) is 166 cm³/mol. The van der Waals surface area contributed by atoms with E-state index in [1.54, 1.807) is 18.2 Å². The molecule has 0 radical (unpaired) electrons. The molecule has 0 bridgehead atoms. The van der Waals surface area contributed by atoms with Gasteiger partial charge in [-0.1, -0.05) is 64.1 Å². The van der Waals surface area contributed by atoms with Crippen molar-refractivity contribution in [3.8, 4) is 0 Å². The van der Waals surface area contributed by atoms with Gasteiger partial charge in [-0.15, -0.1) is 0 Å². The first-order valence-corrected chi connectivity index (χ1v) is 14.6. The molecule has 0 fully saturated rings. The molecule has 0 saturated heterocycles. The fraction of sp³-hybridized carbons (Fsp3) is 0.444. The Morgan fingerprint density at radius 1 is 0.902 bits per heavy atom. The van der Waals surface area contributed by atoms with Crippen LogP contribution in [-0.4, -0.2) is 61.2 Å². The van der Waals surface area contributed by atoms with E-state index < -0.39 is 15.5 Å². The van der Waals surface area contributed by atoms with Gasteiger partial charge in [-0.2, -0.15) is 0 Å². The van der Waals surface area contributed by atoms with E-state index in [0.717, 1.165) is 10.9 Å². The van der Waals surface area contributed by atoms with Crippen LogP contribution in [-0.2, 0) is 24.5 Å². The van der Waals surface area contributed by atoms with E-state index in [9.17, 15) is 4.79 Å². The highest BCUT2D eigenvalue weighted by Crippen LogP contribution is 2.39. The van der Waals surface area contributed by atoms with Crippen LogP contribution in [0, 0.1) is 0 Å². The quantitative estimate of drug-likeness (QED) is 0.130. The molecule has 0 spiro atoms. The normalized spacial score (nSPS) is 12.0. The van der Waals surface area contributed by atoms with Gasteiger partial charge in [-0.25, -0.2) is 14.8 Å². The molecule has 0 unspecified atom stereocenters. The number of carbonyl (C=O) groups is 1. The number of halogens is 5. The number of carbonyl (C=O) groups excluding carboxylic acids is 1. The maximum atomic E-state index is 11.6. The van der Waals surface area contributed by atoms with Crippen molar-refractivity contribution in [1.29, 1.82) is 0 Å². The SMILES string of the molecule is CC(C)(C)OC(=O)NCCOCCOCCNCc1ccc2c(Nc3ccc(Cl)cc3Cl)nc(C(Cl)(Cl)Cl)nc2c1. The summed E-state index contributed by atoms with van der Waals surface area (Å²) in [6.45, 7) is 8.73. The molecule has 0 saturated carbocycles. The molecule has 1 heterocycles. The lowest BCUT2D eigenvalue weighted by atomic mass is 10.1. The van der Waals surface area contributed by atoms with E-state index in [0.29, 0.717) is 73.1 Å². The molecule has 224 valence electrons. The Balaban J connectivity index is 1.46. The van der Waals surface area contributed by atoms with Gasteiger partial charge in [-0.05, 0) is 56.7 Å². The third kappa shape index (κ3) is 11.8. The third-order valence-corrected chi connectivity index (χ3v) is 6.29. The fourth-order valence-corrected chi connectivity index (χ4v) is 4.17. The van der Waals surface area contributed by atoms with E-state index in [1.807, 2.05) is 39.0 Å². The first kappa shape index (κ1) is 33.7. The van der Waals surface area contributed by atoms with Crippen molar-refractivity contribution in [3.05, 3.63) is 57.8 Å². The van der Waals surface area contributed by atoms with Gasteiger partial charge in [0.25, 0.3) is 0 Å². The number of alkyl carbamates (subject to hydrolysis) is 1. The Kier molecular flexibility index (Phi) is 12.8. The fourth-order valence-electron chi connectivity index (χ4n) is 3.46. The van der Waals surface area contributed by atoms with Crippen LogP contribution in [0.2, 0.25) is 10.0 Å². The number of nitrogens with zero attached hydrogens (tertiary/aromatic N) is 2. The van der Waals surface area contributed by atoms with Crippen LogP contribution in [0.15, 0.2) is 36.4 Å². The average molecular weight is 668 g/mol. The minimum atomic E-state index is -1.82. The number of ether oxygens (including phenoxy) is 3. The molecule has 3 rings (SSSR count). The van der Waals surface area contributed by atoms with Crippen LogP contribution >= 0.6 is 58.0 Å². The van der Waals surface area contributed by atoms with Gasteiger partial charge in [0.15, 0.2) is 5.82 Å². The van der Waals surface area contributed by atoms with Crippen LogP contribution in [0.4, 0.5) is 16.3 Å². The van der Waals surface area contributed by atoms with Crippen molar-refractivity contribution in [2.24, 2.45) is 0 Å². The number of rotatable bonds is 13. The summed E-state index contributed by atoms with van der Waals surface area (Å²) in [5.41, 5.74) is 1.64. The zero-order valence-electron chi connectivity index (χ0n) is 22.8. The molecule has 3 aromatic rings. The molecule has 1 aromatic heterocycles. The lowest BCUT2D eigenvalue weighted by molar-refractivity contribution is 0.0403. The average Bonchev–Trinajstić information content (AvgIpc) is 2.87. The van der Waals surface area contributed by atoms with E-state index >= 15 is 0 Å². The zero-order chi connectivity index (χ0) is 30.0. The van der Waals surface area contributed by atoms with Gasteiger partial charge >= 0.3 is 6.09 Å². The number of aromatic nitrogens is 2. The Bertz CT molecular complexity index is 1320. The highest BCUT2D eigenvalue weighted by Gasteiger charge is 2.28. The van der Waals surface area contributed by atoms with Crippen LogP contribution in [0.1, 0.15) is 32.2 Å². The van der Waals surface area contributed by atoms with Crippen molar-refractivity contribution in [3.63, 3.8) is 0 Å². The topological polar surface area (TPSA) is 107 Å². The summed E-state index contributed by atoms with van der Waals surface area (Å²) in [4.78, 5) is 20.5. The lowest BCUT2D eigenvalue weighted by Gasteiger charge is -2.19. The van der Waals surface area contributed by atoms with E-state index in [1.165, 1.54) is 0 Å². The summed E-state index contributed by atoms with van der Waals surface area (Å²) in [6, 6.07) is 10.8. The van der Waals surface area contributed by atoms with Gasteiger partial charge in [0, 0.05) is 30.0 Å². The Morgan fingerprint density at radius 2 is 1.61 bits per heavy atom. The first-order valence-electron chi connectivity index (χ1n) is 12.7. The maximum absolute atomic E-state index is 11.6. The molecular weight excluding hydrogens is 636 g/mol. The van der Waals surface area contributed by atoms with E-state index in [-0.39, 0.29) is 5.82 Å². The molecule has 1 amide bonds. The lowest BCUT2D eigenvalue weighted by Crippen LogP contribution is -2.34. The summed E-state index contributed by atoms with van der Waals surface area (Å²) in [6.07, 6.45) is -0.465. The molecule has 9 nitrogen and oxygen atoms in total. The zero-order valence-corrected chi connectivity index (χ0v) is 26.6. The number of alkyl halides is 3. The number of anilines is 2. The summed E-state index contributed by atoms with van der Waals surface area (Å²) < 4.78 is 14.4. The van der Waals surface area contributed by atoms with Gasteiger partial charge < -0.3 is 30.2 Å². The Labute approximate surface area is 264 Å². The number of hydrogen-bond donors (Lipinski definition) is 3. The van der Waals surface area contributed by atoms with Crippen molar-refractivity contribution >= 4 is 86.5 Å². The number of amides is 1. The monoisotopic (exact) mass is 665 g/mol. The van der Waals surface area contributed by atoms with Crippen LogP contribution in [0.25, 0.3) is 10.9 Å². The first-order chi connectivity index (χ1) is 19.3. The largest absolute Gasteiger partial charge is 0.444 e. The van der Waals surface area contributed by atoms with Crippen molar-refractivity contribution in [2.45, 2.75) is 36.7 Å². The van der Waals surface area contributed by atoms with Crippen molar-refractivity contribution in [2.75, 3.05) is 44.8 Å². The van der Waals surface area contributed by atoms with Crippen LogP contribution in [0.5, 0.6) is 0 Å². The smallest absolute Gasteiger partial charge is 0.407 e.